The van der Waals surface area contributed by atoms with Crippen molar-refractivity contribution in [1.29, 1.82) is 0 Å². The molecular formula is C15H16N4O2S. The molecule has 0 saturated heterocycles. The lowest BCUT2D eigenvalue weighted by atomic mass is 10.2. The number of rotatable bonds is 5. The lowest BCUT2D eigenvalue weighted by Crippen LogP contribution is -2.15. The molecular weight excluding hydrogens is 300 g/mol. The molecule has 0 fully saturated rings. The van der Waals surface area contributed by atoms with E-state index in [0.717, 1.165) is 11.4 Å². The Kier molecular flexibility index (Phi) is 5.11. The predicted molar refractivity (Wildman–Crippen MR) is 86.1 cm³/mol. The molecule has 1 aromatic heterocycles. The predicted octanol–water partition coefficient (Wildman–Crippen LogP) is 2.25. The quantitative estimate of drug-likeness (QED) is 0.651. The minimum absolute atomic E-state index is 0.308. The van der Waals surface area contributed by atoms with Gasteiger partial charge in [-0.2, -0.15) is 0 Å². The maximum Gasteiger partial charge on any atom is 0.274 e. The van der Waals surface area contributed by atoms with Crippen LogP contribution in [0.5, 0.6) is 0 Å². The molecule has 0 aliphatic rings. The maximum atomic E-state index is 12.2. The van der Waals surface area contributed by atoms with Crippen molar-refractivity contribution in [2.45, 2.75) is 19.0 Å². The van der Waals surface area contributed by atoms with Crippen molar-refractivity contribution < 1.29 is 9.59 Å². The van der Waals surface area contributed by atoms with Gasteiger partial charge in [0, 0.05) is 16.9 Å². The summed E-state index contributed by atoms with van der Waals surface area (Å²) >= 11 is 1.48. The largest absolute Gasteiger partial charge is 0.366 e. The molecule has 0 saturated carbocycles. The molecule has 0 aliphatic carbocycles. The highest BCUT2D eigenvalue weighted by atomic mass is 32.2. The molecule has 0 aliphatic heterocycles. The van der Waals surface area contributed by atoms with Gasteiger partial charge in [0.05, 0.1) is 0 Å². The van der Waals surface area contributed by atoms with E-state index >= 15 is 0 Å². The zero-order chi connectivity index (χ0) is 16.1. The van der Waals surface area contributed by atoms with E-state index in [-0.39, 0.29) is 5.91 Å². The number of carbonyl (C=O) groups is 2. The molecule has 1 heterocycles. The molecule has 2 rings (SSSR count). The zero-order valence-corrected chi connectivity index (χ0v) is 13.1. The lowest BCUT2D eigenvalue weighted by Gasteiger charge is -2.07. The summed E-state index contributed by atoms with van der Waals surface area (Å²) < 4.78 is 0. The Labute approximate surface area is 132 Å². The summed E-state index contributed by atoms with van der Waals surface area (Å²) in [6.45, 7) is 3.82. The summed E-state index contributed by atoms with van der Waals surface area (Å²) in [6.07, 6.45) is 0. The monoisotopic (exact) mass is 316 g/mol. The van der Waals surface area contributed by atoms with Crippen LogP contribution in [0.4, 0.5) is 5.69 Å². The Morgan fingerprint density at radius 3 is 2.50 bits per heavy atom. The summed E-state index contributed by atoms with van der Waals surface area (Å²) in [5.41, 5.74) is 7.17. The van der Waals surface area contributed by atoms with E-state index in [1.807, 2.05) is 13.8 Å². The number of primary amides is 1. The number of nitrogens with one attached hydrogen (secondary N) is 1. The van der Waals surface area contributed by atoms with Crippen LogP contribution in [-0.4, -0.2) is 27.5 Å². The number of hydrogen-bond donors (Lipinski definition) is 2. The molecule has 3 N–H and O–H groups in total. The van der Waals surface area contributed by atoms with Gasteiger partial charge in [-0.1, -0.05) is 18.7 Å². The van der Waals surface area contributed by atoms with E-state index < -0.39 is 5.91 Å². The fourth-order valence-corrected chi connectivity index (χ4v) is 2.39. The van der Waals surface area contributed by atoms with Gasteiger partial charge in [-0.3, -0.25) is 9.59 Å². The molecule has 7 heteroatoms. The topological polar surface area (TPSA) is 98.0 Å². The molecule has 0 unspecified atom stereocenters. The fraction of sp³-hybridized carbons (Fsp3) is 0.200. The Morgan fingerprint density at radius 1 is 1.23 bits per heavy atom. The molecule has 2 amide bonds. The zero-order valence-electron chi connectivity index (χ0n) is 12.3. The van der Waals surface area contributed by atoms with Crippen molar-refractivity contribution in [2.24, 2.45) is 5.73 Å². The summed E-state index contributed by atoms with van der Waals surface area (Å²) in [6, 6.07) is 7.98. The Bertz CT molecular complexity index is 701. The molecule has 6 nitrogen and oxygen atoms in total. The second-order valence-electron chi connectivity index (χ2n) is 4.51. The van der Waals surface area contributed by atoms with Gasteiger partial charge in [0.25, 0.3) is 5.91 Å². The Morgan fingerprint density at radius 2 is 1.91 bits per heavy atom. The highest BCUT2D eigenvalue weighted by Crippen LogP contribution is 2.15. The van der Waals surface area contributed by atoms with E-state index in [0.29, 0.717) is 22.1 Å². The SMILES string of the molecule is CCSc1nc(C)cc(C(=O)Nc2ccc(C(N)=O)cc2)n1. The molecule has 0 spiro atoms. The van der Waals surface area contributed by atoms with Gasteiger partial charge in [0.2, 0.25) is 5.91 Å². The number of nitrogens with zero attached hydrogens (tertiary/aromatic N) is 2. The van der Waals surface area contributed by atoms with Gasteiger partial charge in [-0.05, 0) is 43.0 Å². The number of carbonyl (C=O) groups excluding carboxylic acids is 2. The number of amides is 2. The fourth-order valence-electron chi connectivity index (χ4n) is 1.76. The second-order valence-corrected chi connectivity index (χ2v) is 5.74. The number of nitrogens with two attached hydrogens (primary N) is 1. The van der Waals surface area contributed by atoms with Gasteiger partial charge < -0.3 is 11.1 Å². The second kappa shape index (κ2) is 7.04. The minimum atomic E-state index is -0.509. The van der Waals surface area contributed by atoms with Gasteiger partial charge in [-0.15, -0.1) is 0 Å². The van der Waals surface area contributed by atoms with Crippen LogP contribution in [-0.2, 0) is 0 Å². The molecule has 22 heavy (non-hydrogen) atoms. The van der Waals surface area contributed by atoms with Crippen molar-refractivity contribution in [1.82, 2.24) is 9.97 Å². The van der Waals surface area contributed by atoms with Crippen LogP contribution >= 0.6 is 11.8 Å². The van der Waals surface area contributed by atoms with Crippen molar-refractivity contribution in [3.05, 3.63) is 47.3 Å². The molecule has 114 valence electrons. The summed E-state index contributed by atoms with van der Waals surface area (Å²) in [7, 11) is 0. The van der Waals surface area contributed by atoms with Crippen LogP contribution < -0.4 is 11.1 Å². The third-order valence-corrected chi connectivity index (χ3v) is 3.50. The van der Waals surface area contributed by atoms with Crippen molar-refractivity contribution in [3.8, 4) is 0 Å². The van der Waals surface area contributed by atoms with Crippen LogP contribution in [0, 0.1) is 6.92 Å². The van der Waals surface area contributed by atoms with E-state index in [4.69, 9.17) is 5.73 Å². The molecule has 0 radical (unpaired) electrons. The summed E-state index contributed by atoms with van der Waals surface area (Å²) in [5, 5.41) is 3.31. The first-order chi connectivity index (χ1) is 10.5. The first-order valence-electron chi connectivity index (χ1n) is 6.69. The van der Waals surface area contributed by atoms with Crippen molar-refractivity contribution in [2.75, 3.05) is 11.1 Å². The third-order valence-electron chi connectivity index (χ3n) is 2.77. The molecule has 1 aromatic carbocycles. The number of anilines is 1. The number of hydrogen-bond acceptors (Lipinski definition) is 5. The van der Waals surface area contributed by atoms with Crippen LogP contribution in [0.1, 0.15) is 33.5 Å². The maximum absolute atomic E-state index is 12.2. The highest BCUT2D eigenvalue weighted by Gasteiger charge is 2.11. The van der Waals surface area contributed by atoms with Crippen LogP contribution in [0.25, 0.3) is 0 Å². The molecule has 0 bridgehead atoms. The smallest absolute Gasteiger partial charge is 0.274 e. The Hall–Kier alpha value is -2.41. The number of thioether (sulfide) groups is 1. The molecule has 0 atom stereocenters. The van der Waals surface area contributed by atoms with Crippen LogP contribution in [0.15, 0.2) is 35.5 Å². The first-order valence-corrected chi connectivity index (χ1v) is 7.68. The van der Waals surface area contributed by atoms with Gasteiger partial charge in [-0.25, -0.2) is 9.97 Å². The first kappa shape index (κ1) is 16.0. The van der Waals surface area contributed by atoms with Crippen molar-refractivity contribution in [3.63, 3.8) is 0 Å². The van der Waals surface area contributed by atoms with Gasteiger partial charge in [0.15, 0.2) is 5.16 Å². The van der Waals surface area contributed by atoms with Crippen molar-refractivity contribution >= 4 is 29.3 Å². The van der Waals surface area contributed by atoms with Gasteiger partial charge >= 0.3 is 0 Å². The average Bonchev–Trinajstić information content (AvgIpc) is 2.47. The third kappa shape index (κ3) is 4.05. The summed E-state index contributed by atoms with van der Waals surface area (Å²) in [5.74, 6) is -0.000149. The standard InChI is InChI=1S/C15H16N4O2S/c1-3-22-15-17-9(2)8-12(19-15)14(21)18-11-6-4-10(5-7-11)13(16)20/h4-8H,3H2,1-2H3,(H2,16,20)(H,18,21). The minimum Gasteiger partial charge on any atom is -0.366 e. The molecule has 2 aromatic rings. The van der Waals surface area contributed by atoms with Gasteiger partial charge in [0.1, 0.15) is 5.69 Å². The van der Waals surface area contributed by atoms with Crippen LogP contribution in [0.3, 0.4) is 0 Å². The van der Waals surface area contributed by atoms with E-state index in [1.165, 1.54) is 11.8 Å². The van der Waals surface area contributed by atoms with E-state index in [1.54, 1.807) is 30.3 Å². The summed E-state index contributed by atoms with van der Waals surface area (Å²) in [4.78, 5) is 31.7. The normalized spacial score (nSPS) is 10.3. The lowest BCUT2D eigenvalue weighted by molar-refractivity contribution is 0.0997. The highest BCUT2D eigenvalue weighted by molar-refractivity contribution is 7.99. The average molecular weight is 316 g/mol. The van der Waals surface area contributed by atoms with Crippen LogP contribution in [0.2, 0.25) is 0 Å². The number of aromatic nitrogens is 2. The number of aryl methyl sites for hydroxylation is 1. The van der Waals surface area contributed by atoms with E-state index in [9.17, 15) is 9.59 Å². The Balaban J connectivity index is 2.16. The number of benzene rings is 1. The van der Waals surface area contributed by atoms with E-state index in [2.05, 4.69) is 15.3 Å².